The van der Waals surface area contributed by atoms with Crippen molar-refractivity contribution in [2.45, 2.75) is 0 Å². The van der Waals surface area contributed by atoms with Gasteiger partial charge >= 0.3 is 0 Å². The minimum absolute atomic E-state index is 0.517. The summed E-state index contributed by atoms with van der Waals surface area (Å²) >= 11 is 11.6. The van der Waals surface area contributed by atoms with E-state index in [0.717, 1.165) is 0 Å². The van der Waals surface area contributed by atoms with Crippen LogP contribution in [-0.2, 0) is 0 Å². The molecule has 0 aliphatic carbocycles. The maximum atomic E-state index is 5.79. The Bertz CT molecular complexity index is 408. The lowest BCUT2D eigenvalue weighted by molar-refractivity contribution is 0.179. The average molecular weight is 228 g/mol. The molecule has 14 heavy (non-hydrogen) atoms. The van der Waals surface area contributed by atoms with E-state index in [1.807, 2.05) is 0 Å². The Labute approximate surface area is 90.8 Å². The first kappa shape index (κ1) is 9.37. The van der Waals surface area contributed by atoms with E-state index in [0.29, 0.717) is 15.8 Å². The maximum absolute atomic E-state index is 5.79. The highest BCUT2D eigenvalue weighted by Gasteiger charge is 2.00. The number of aromatic nitrogens is 2. The first-order valence-electron chi connectivity index (χ1n) is 3.79. The molecule has 0 aliphatic heterocycles. The van der Waals surface area contributed by atoms with E-state index in [-0.39, 0.29) is 0 Å². The van der Waals surface area contributed by atoms with E-state index < -0.39 is 0 Å². The first-order chi connectivity index (χ1) is 6.74. The number of hydrogen-bond acceptors (Lipinski definition) is 2. The summed E-state index contributed by atoms with van der Waals surface area (Å²) in [5, 5.41) is 4.86. The fourth-order valence-electron chi connectivity index (χ4n) is 0.960. The Hall–Kier alpha value is -1.19. The summed E-state index contributed by atoms with van der Waals surface area (Å²) in [6.07, 6.45) is 3.04. The van der Waals surface area contributed by atoms with Crippen LogP contribution in [-0.4, -0.2) is 9.94 Å². The predicted octanol–water partition coefficient (Wildman–Crippen LogP) is 2.83. The fraction of sp³-hybridized carbons (Fsp3) is 0. The van der Waals surface area contributed by atoms with Crippen LogP contribution in [0.3, 0.4) is 0 Å². The van der Waals surface area contributed by atoms with Crippen molar-refractivity contribution in [1.29, 1.82) is 0 Å². The topological polar surface area (TPSA) is 27.1 Å². The molecule has 0 fully saturated rings. The summed E-state index contributed by atoms with van der Waals surface area (Å²) in [5.74, 6) is 0.527. The van der Waals surface area contributed by atoms with Gasteiger partial charge in [0, 0.05) is 28.2 Å². The van der Waals surface area contributed by atoms with Gasteiger partial charge in [-0.1, -0.05) is 28.0 Å². The third-order valence-corrected chi connectivity index (χ3v) is 1.90. The predicted molar refractivity (Wildman–Crippen MR) is 53.6 cm³/mol. The molecule has 5 heteroatoms. The van der Waals surface area contributed by atoms with Gasteiger partial charge in [0.1, 0.15) is 0 Å². The van der Waals surface area contributed by atoms with Crippen LogP contribution in [0.4, 0.5) is 0 Å². The molecule has 0 aliphatic rings. The molecule has 1 aromatic carbocycles. The van der Waals surface area contributed by atoms with Crippen molar-refractivity contribution >= 4 is 23.2 Å². The van der Waals surface area contributed by atoms with Gasteiger partial charge in [0.15, 0.2) is 5.75 Å². The van der Waals surface area contributed by atoms with Gasteiger partial charge in [-0.3, -0.25) is 0 Å². The molecule has 0 saturated heterocycles. The van der Waals surface area contributed by atoms with E-state index in [1.165, 1.54) is 11.0 Å². The van der Waals surface area contributed by atoms with E-state index in [1.54, 1.807) is 24.4 Å². The molecule has 1 radical (unpaired) electrons. The van der Waals surface area contributed by atoms with E-state index in [9.17, 15) is 0 Å². The van der Waals surface area contributed by atoms with E-state index >= 15 is 0 Å². The van der Waals surface area contributed by atoms with Crippen molar-refractivity contribution in [1.82, 2.24) is 9.94 Å². The Morgan fingerprint density at radius 2 is 1.93 bits per heavy atom. The molecule has 71 valence electrons. The third kappa shape index (κ3) is 2.19. The number of hydrogen-bond donors (Lipinski definition) is 0. The van der Waals surface area contributed by atoms with Crippen molar-refractivity contribution in [2.75, 3.05) is 0 Å². The third-order valence-electron chi connectivity index (χ3n) is 1.47. The molecule has 0 saturated carbocycles. The van der Waals surface area contributed by atoms with Gasteiger partial charge in [-0.05, 0) is 6.07 Å². The summed E-state index contributed by atoms with van der Waals surface area (Å²) in [4.78, 5) is 6.55. The second-order valence-electron chi connectivity index (χ2n) is 2.54. The van der Waals surface area contributed by atoms with Crippen molar-refractivity contribution in [3.8, 4) is 5.75 Å². The molecule has 0 amide bonds. The summed E-state index contributed by atoms with van der Waals surface area (Å²) in [6.45, 7) is 0. The molecule has 0 spiro atoms. The van der Waals surface area contributed by atoms with Crippen LogP contribution >= 0.6 is 23.2 Å². The van der Waals surface area contributed by atoms with Gasteiger partial charge in [0.05, 0.1) is 12.4 Å². The van der Waals surface area contributed by atoms with Gasteiger partial charge in [-0.25, -0.2) is 0 Å². The smallest absolute Gasteiger partial charge is 0.160 e. The number of rotatable bonds is 2. The van der Waals surface area contributed by atoms with Crippen LogP contribution in [0.5, 0.6) is 5.75 Å². The maximum Gasteiger partial charge on any atom is 0.160 e. The average Bonchev–Trinajstić information content (AvgIpc) is 2.54. The second kappa shape index (κ2) is 3.90. The highest BCUT2D eigenvalue weighted by Crippen LogP contribution is 2.24. The van der Waals surface area contributed by atoms with Crippen LogP contribution in [0, 0.1) is 6.07 Å². The molecule has 0 atom stereocenters. The number of benzene rings is 1. The zero-order valence-electron chi connectivity index (χ0n) is 6.95. The molecule has 1 heterocycles. The zero-order valence-corrected chi connectivity index (χ0v) is 8.46. The Kier molecular flexibility index (Phi) is 2.61. The monoisotopic (exact) mass is 227 g/mol. The van der Waals surface area contributed by atoms with Crippen LogP contribution < -0.4 is 4.84 Å². The lowest BCUT2D eigenvalue weighted by atomic mass is 10.3. The fourth-order valence-corrected chi connectivity index (χ4v) is 1.47. The lowest BCUT2D eigenvalue weighted by Gasteiger charge is -2.04. The Morgan fingerprint density at radius 1 is 1.21 bits per heavy atom. The van der Waals surface area contributed by atoms with Crippen molar-refractivity contribution < 1.29 is 4.84 Å². The van der Waals surface area contributed by atoms with Gasteiger partial charge in [0.2, 0.25) is 0 Å². The SMILES string of the molecule is Clc1cc(Cl)cc(On2c[c]cn2)c1. The molecular formula is C9H5Cl2N2O. The van der Waals surface area contributed by atoms with Gasteiger partial charge in [-0.15, -0.1) is 5.10 Å². The molecule has 0 unspecified atom stereocenters. The summed E-state index contributed by atoms with van der Waals surface area (Å²) in [7, 11) is 0. The van der Waals surface area contributed by atoms with Crippen molar-refractivity contribution in [3.63, 3.8) is 0 Å². The van der Waals surface area contributed by atoms with E-state index in [2.05, 4.69) is 11.2 Å². The van der Waals surface area contributed by atoms with Crippen LogP contribution in [0.1, 0.15) is 0 Å². The quantitative estimate of drug-likeness (QED) is 0.790. The second-order valence-corrected chi connectivity index (χ2v) is 3.41. The summed E-state index contributed by atoms with van der Waals surface area (Å²) in [5.41, 5.74) is 0. The summed E-state index contributed by atoms with van der Waals surface area (Å²) < 4.78 is 0. The first-order valence-corrected chi connectivity index (χ1v) is 4.55. The Morgan fingerprint density at radius 3 is 2.50 bits per heavy atom. The zero-order chi connectivity index (χ0) is 9.97. The number of halogens is 2. The molecule has 0 N–H and O–H groups in total. The highest BCUT2D eigenvalue weighted by molar-refractivity contribution is 6.34. The van der Waals surface area contributed by atoms with Crippen molar-refractivity contribution in [2.24, 2.45) is 0 Å². The molecule has 0 bridgehead atoms. The minimum atomic E-state index is 0.517. The van der Waals surface area contributed by atoms with Gasteiger partial charge in [0.25, 0.3) is 0 Å². The highest BCUT2D eigenvalue weighted by atomic mass is 35.5. The van der Waals surface area contributed by atoms with Crippen LogP contribution in [0.15, 0.2) is 30.6 Å². The van der Waals surface area contributed by atoms with Crippen molar-refractivity contribution in [3.05, 3.63) is 46.7 Å². The van der Waals surface area contributed by atoms with E-state index in [4.69, 9.17) is 28.0 Å². The summed E-state index contributed by atoms with van der Waals surface area (Å²) in [6, 6.07) is 7.67. The standard InChI is InChI=1S/C9H5Cl2N2O/c10-7-4-8(11)6-9(5-7)14-13-3-1-2-12-13/h2-6H. The lowest BCUT2D eigenvalue weighted by Crippen LogP contribution is -2.04. The van der Waals surface area contributed by atoms with Crippen LogP contribution in [0.2, 0.25) is 10.0 Å². The molecule has 2 aromatic rings. The molecular weight excluding hydrogens is 223 g/mol. The van der Waals surface area contributed by atoms with Crippen LogP contribution in [0.25, 0.3) is 0 Å². The Balaban J connectivity index is 2.25. The van der Waals surface area contributed by atoms with Gasteiger partial charge < -0.3 is 4.84 Å². The molecule has 1 aromatic heterocycles. The van der Waals surface area contributed by atoms with Gasteiger partial charge in [-0.2, -0.15) is 0 Å². The molecule has 2 rings (SSSR count). The normalized spacial score (nSPS) is 10.1. The largest absolute Gasteiger partial charge is 0.358 e. The molecule has 3 nitrogen and oxygen atoms in total. The number of nitrogens with zero attached hydrogens (tertiary/aromatic N) is 2. The minimum Gasteiger partial charge on any atom is -0.358 e.